The predicted molar refractivity (Wildman–Crippen MR) is 87.1 cm³/mol. The third kappa shape index (κ3) is 4.45. The van der Waals surface area contributed by atoms with Gasteiger partial charge in [-0.25, -0.2) is 0 Å². The van der Waals surface area contributed by atoms with Gasteiger partial charge in [-0.1, -0.05) is 23.7 Å². The minimum absolute atomic E-state index is 0.314. The smallest absolute Gasteiger partial charge is 0.322 e. The second kappa shape index (κ2) is 6.89. The SMILES string of the molecule is COC(=O)[C@@H]1C[C@H](C(=O)OC(C)(C)C)[C@@H](c2ccc(Cl)cc2)N1. The summed E-state index contributed by atoms with van der Waals surface area (Å²) in [5, 5.41) is 3.79. The van der Waals surface area contributed by atoms with E-state index in [1.54, 1.807) is 12.1 Å². The normalized spacial score (nSPS) is 24.3. The Morgan fingerprint density at radius 2 is 1.78 bits per heavy atom. The molecule has 0 bridgehead atoms. The van der Waals surface area contributed by atoms with E-state index in [0.29, 0.717) is 11.4 Å². The van der Waals surface area contributed by atoms with Gasteiger partial charge < -0.3 is 9.47 Å². The molecule has 0 spiro atoms. The Bertz CT molecular complexity index is 579. The molecular formula is C17H22ClNO4. The van der Waals surface area contributed by atoms with Crippen molar-refractivity contribution >= 4 is 23.5 Å². The van der Waals surface area contributed by atoms with E-state index in [9.17, 15) is 9.59 Å². The number of hydrogen-bond donors (Lipinski definition) is 1. The highest BCUT2D eigenvalue weighted by molar-refractivity contribution is 6.30. The highest BCUT2D eigenvalue weighted by atomic mass is 35.5. The Hall–Kier alpha value is -1.59. The highest BCUT2D eigenvalue weighted by Crippen LogP contribution is 2.35. The zero-order chi connectivity index (χ0) is 17.2. The van der Waals surface area contributed by atoms with Gasteiger partial charge >= 0.3 is 11.9 Å². The maximum absolute atomic E-state index is 12.5. The Morgan fingerprint density at radius 3 is 2.30 bits per heavy atom. The Morgan fingerprint density at radius 1 is 1.17 bits per heavy atom. The molecule has 1 heterocycles. The van der Waals surface area contributed by atoms with Crippen molar-refractivity contribution in [2.75, 3.05) is 7.11 Å². The molecule has 2 rings (SSSR count). The topological polar surface area (TPSA) is 64.6 Å². The molecule has 0 aromatic heterocycles. The van der Waals surface area contributed by atoms with Gasteiger partial charge in [0, 0.05) is 11.1 Å². The van der Waals surface area contributed by atoms with Crippen LogP contribution in [0.2, 0.25) is 5.02 Å². The molecule has 1 aliphatic rings. The summed E-state index contributed by atoms with van der Waals surface area (Å²) in [5.74, 6) is -1.16. The summed E-state index contributed by atoms with van der Waals surface area (Å²) in [7, 11) is 1.34. The summed E-state index contributed by atoms with van der Waals surface area (Å²) < 4.78 is 10.3. The van der Waals surface area contributed by atoms with Crippen molar-refractivity contribution in [1.82, 2.24) is 5.32 Å². The molecule has 0 radical (unpaired) electrons. The first-order chi connectivity index (χ1) is 10.7. The number of carbonyl (C=O) groups is 2. The average molecular weight is 340 g/mol. The average Bonchev–Trinajstić information content (AvgIpc) is 2.90. The van der Waals surface area contributed by atoms with Gasteiger partial charge in [-0.05, 0) is 44.9 Å². The van der Waals surface area contributed by atoms with Crippen molar-refractivity contribution < 1.29 is 19.1 Å². The van der Waals surface area contributed by atoms with Gasteiger partial charge in [-0.3, -0.25) is 14.9 Å². The van der Waals surface area contributed by atoms with Gasteiger partial charge in [0.15, 0.2) is 0 Å². The molecule has 1 fully saturated rings. The van der Waals surface area contributed by atoms with Crippen LogP contribution in [0.5, 0.6) is 0 Å². The monoisotopic (exact) mass is 339 g/mol. The van der Waals surface area contributed by atoms with E-state index in [1.165, 1.54) is 7.11 Å². The quantitative estimate of drug-likeness (QED) is 0.858. The zero-order valence-corrected chi connectivity index (χ0v) is 14.5. The van der Waals surface area contributed by atoms with E-state index in [0.717, 1.165) is 5.56 Å². The lowest BCUT2D eigenvalue weighted by Crippen LogP contribution is -2.33. The number of ether oxygens (including phenoxy) is 2. The van der Waals surface area contributed by atoms with Gasteiger partial charge in [-0.15, -0.1) is 0 Å². The maximum atomic E-state index is 12.5. The largest absolute Gasteiger partial charge is 0.468 e. The molecular weight excluding hydrogens is 318 g/mol. The summed E-state index contributed by atoms with van der Waals surface area (Å²) in [5.41, 5.74) is 0.307. The van der Waals surface area contributed by atoms with Crippen LogP contribution in [0.3, 0.4) is 0 Å². The number of halogens is 1. The molecule has 0 amide bonds. The molecule has 126 valence electrons. The lowest BCUT2D eigenvalue weighted by Gasteiger charge is -2.25. The third-order valence-electron chi connectivity index (χ3n) is 3.70. The van der Waals surface area contributed by atoms with Crippen molar-refractivity contribution in [3.05, 3.63) is 34.9 Å². The summed E-state index contributed by atoms with van der Waals surface area (Å²) in [6, 6.07) is 6.37. The first-order valence-electron chi connectivity index (χ1n) is 7.53. The van der Waals surface area contributed by atoms with E-state index in [4.69, 9.17) is 21.1 Å². The lowest BCUT2D eigenvalue weighted by molar-refractivity contribution is -0.160. The highest BCUT2D eigenvalue weighted by Gasteiger charge is 2.44. The van der Waals surface area contributed by atoms with Crippen molar-refractivity contribution in [2.45, 2.75) is 44.9 Å². The number of carbonyl (C=O) groups excluding carboxylic acids is 2. The number of methoxy groups -OCH3 is 1. The molecule has 6 heteroatoms. The van der Waals surface area contributed by atoms with E-state index >= 15 is 0 Å². The second-order valence-electron chi connectivity index (χ2n) is 6.65. The zero-order valence-electron chi connectivity index (χ0n) is 13.8. The number of esters is 2. The van der Waals surface area contributed by atoms with Gasteiger partial charge in [-0.2, -0.15) is 0 Å². The molecule has 1 aromatic rings. The molecule has 0 unspecified atom stereocenters. The fraction of sp³-hybridized carbons (Fsp3) is 0.529. The van der Waals surface area contributed by atoms with Gasteiger partial charge in [0.2, 0.25) is 0 Å². The van der Waals surface area contributed by atoms with Crippen LogP contribution in [0.1, 0.15) is 38.8 Å². The van der Waals surface area contributed by atoms with Crippen LogP contribution < -0.4 is 5.32 Å². The Labute approximate surface area is 141 Å². The fourth-order valence-corrected chi connectivity index (χ4v) is 2.83. The number of nitrogens with one attached hydrogen (secondary N) is 1. The first kappa shape index (κ1) is 17.8. The fourth-order valence-electron chi connectivity index (χ4n) is 2.71. The van der Waals surface area contributed by atoms with Gasteiger partial charge in [0.05, 0.1) is 13.0 Å². The molecule has 23 heavy (non-hydrogen) atoms. The van der Waals surface area contributed by atoms with Crippen LogP contribution in [0.4, 0.5) is 0 Å². The summed E-state index contributed by atoms with van der Waals surface area (Å²) in [6.07, 6.45) is 0.342. The standard InChI is InChI=1S/C17H22ClNO4/c1-17(2,3)23-15(20)12-9-13(16(21)22-4)19-14(12)10-5-7-11(18)8-6-10/h5-8,12-14,19H,9H2,1-4H3/t12-,13-,14+/m0/s1. The molecule has 3 atom stereocenters. The van der Waals surface area contributed by atoms with Crippen molar-refractivity contribution in [2.24, 2.45) is 5.92 Å². The Balaban J connectivity index is 2.25. The minimum Gasteiger partial charge on any atom is -0.468 e. The first-order valence-corrected chi connectivity index (χ1v) is 7.91. The van der Waals surface area contributed by atoms with Crippen LogP contribution >= 0.6 is 11.6 Å². The minimum atomic E-state index is -0.578. The molecule has 1 N–H and O–H groups in total. The second-order valence-corrected chi connectivity index (χ2v) is 7.08. The molecule has 1 aliphatic heterocycles. The van der Waals surface area contributed by atoms with Crippen LogP contribution in [0.25, 0.3) is 0 Å². The van der Waals surface area contributed by atoms with Crippen molar-refractivity contribution in [1.29, 1.82) is 0 Å². The summed E-state index contributed by atoms with van der Waals surface area (Å²) in [6.45, 7) is 5.47. The van der Waals surface area contributed by atoms with Crippen LogP contribution in [0.15, 0.2) is 24.3 Å². The van der Waals surface area contributed by atoms with Crippen LogP contribution in [0, 0.1) is 5.92 Å². The van der Waals surface area contributed by atoms with E-state index in [2.05, 4.69) is 5.32 Å². The number of hydrogen-bond acceptors (Lipinski definition) is 5. The Kier molecular flexibility index (Phi) is 5.32. The number of benzene rings is 1. The van der Waals surface area contributed by atoms with Crippen LogP contribution in [-0.4, -0.2) is 30.7 Å². The van der Waals surface area contributed by atoms with Crippen molar-refractivity contribution in [3.8, 4) is 0 Å². The van der Waals surface area contributed by atoms with E-state index < -0.39 is 17.6 Å². The number of rotatable bonds is 3. The molecule has 0 saturated carbocycles. The molecule has 5 nitrogen and oxygen atoms in total. The van der Waals surface area contributed by atoms with E-state index in [1.807, 2.05) is 32.9 Å². The van der Waals surface area contributed by atoms with E-state index in [-0.39, 0.29) is 18.0 Å². The maximum Gasteiger partial charge on any atom is 0.322 e. The molecule has 1 aromatic carbocycles. The van der Waals surface area contributed by atoms with Gasteiger partial charge in [0.25, 0.3) is 0 Å². The lowest BCUT2D eigenvalue weighted by atomic mass is 9.93. The van der Waals surface area contributed by atoms with Crippen LogP contribution in [-0.2, 0) is 19.1 Å². The summed E-state index contributed by atoms with van der Waals surface area (Å²) in [4.78, 5) is 24.4. The predicted octanol–water partition coefficient (Wildman–Crippen LogP) is 2.87. The summed E-state index contributed by atoms with van der Waals surface area (Å²) >= 11 is 5.92. The van der Waals surface area contributed by atoms with Gasteiger partial charge in [0.1, 0.15) is 11.6 Å². The third-order valence-corrected chi connectivity index (χ3v) is 3.95. The molecule has 0 aliphatic carbocycles. The van der Waals surface area contributed by atoms with Crippen molar-refractivity contribution in [3.63, 3.8) is 0 Å². The molecule has 1 saturated heterocycles.